The lowest BCUT2D eigenvalue weighted by molar-refractivity contribution is 0.0689. The van der Waals surface area contributed by atoms with Crippen molar-refractivity contribution < 1.29 is 24.5 Å². The van der Waals surface area contributed by atoms with Gasteiger partial charge in [-0.05, 0) is 6.92 Å². The molecule has 0 bridgehead atoms. The monoisotopic (exact) mass is 216 g/mol. The molecule has 2 N–H and O–H groups in total. The Bertz CT molecular complexity index is 393. The van der Waals surface area contributed by atoms with Crippen molar-refractivity contribution in [2.24, 2.45) is 0 Å². The van der Waals surface area contributed by atoms with E-state index in [-0.39, 0.29) is 15.5 Å². The second-order valence-corrected chi connectivity index (χ2v) is 3.55. The summed E-state index contributed by atoms with van der Waals surface area (Å²) in [5.74, 6) is -2.19. The van der Waals surface area contributed by atoms with Gasteiger partial charge in [0.05, 0.1) is 7.11 Å². The van der Waals surface area contributed by atoms with Gasteiger partial charge in [-0.2, -0.15) is 0 Å². The summed E-state index contributed by atoms with van der Waals surface area (Å²) in [5.41, 5.74) is 0.349. The Balaban J connectivity index is 3.39. The van der Waals surface area contributed by atoms with Crippen LogP contribution in [0.1, 0.15) is 24.9 Å². The molecule has 6 heteroatoms. The van der Waals surface area contributed by atoms with Crippen LogP contribution >= 0.6 is 11.3 Å². The van der Waals surface area contributed by atoms with Crippen molar-refractivity contribution in [3.63, 3.8) is 0 Å². The Morgan fingerprint density at radius 3 is 2.00 bits per heavy atom. The minimum atomic E-state index is -1.18. The van der Waals surface area contributed by atoms with Gasteiger partial charge < -0.3 is 14.9 Å². The summed E-state index contributed by atoms with van der Waals surface area (Å²) in [6.45, 7) is 1.52. The van der Waals surface area contributed by atoms with Crippen molar-refractivity contribution in [2.75, 3.05) is 7.11 Å². The smallest absolute Gasteiger partial charge is 0.349 e. The van der Waals surface area contributed by atoms with Gasteiger partial charge in [-0.25, -0.2) is 9.59 Å². The molecule has 0 aromatic carbocycles. The fourth-order valence-corrected chi connectivity index (χ4v) is 2.04. The van der Waals surface area contributed by atoms with E-state index in [1.54, 1.807) is 0 Å². The van der Waals surface area contributed by atoms with Gasteiger partial charge in [0, 0.05) is 5.56 Å². The van der Waals surface area contributed by atoms with Gasteiger partial charge in [-0.3, -0.25) is 0 Å². The van der Waals surface area contributed by atoms with Crippen LogP contribution in [-0.2, 0) is 0 Å². The Morgan fingerprint density at radius 1 is 1.21 bits per heavy atom. The lowest BCUT2D eigenvalue weighted by atomic mass is 10.2. The number of hydrogen-bond acceptors (Lipinski definition) is 4. The zero-order chi connectivity index (χ0) is 10.9. The van der Waals surface area contributed by atoms with Gasteiger partial charge in [0.1, 0.15) is 10.6 Å². The predicted molar refractivity (Wildman–Crippen MR) is 49.5 cm³/mol. The third kappa shape index (κ3) is 1.56. The normalized spacial score (nSPS) is 9.86. The van der Waals surface area contributed by atoms with Crippen molar-refractivity contribution >= 4 is 23.3 Å². The maximum absolute atomic E-state index is 10.7. The summed E-state index contributed by atoms with van der Waals surface area (Å²) < 4.78 is 4.83. The molecule has 1 heterocycles. The molecule has 0 aliphatic carbocycles. The predicted octanol–water partition coefficient (Wildman–Crippen LogP) is 1.46. The van der Waals surface area contributed by atoms with E-state index in [4.69, 9.17) is 14.9 Å². The molecule has 1 aromatic rings. The first-order valence-electron chi connectivity index (χ1n) is 3.63. The van der Waals surface area contributed by atoms with Crippen LogP contribution in [0, 0.1) is 6.92 Å². The number of aromatic carboxylic acids is 2. The lowest BCUT2D eigenvalue weighted by Crippen LogP contribution is -1.96. The molecule has 0 spiro atoms. The molecular formula is C8H8O5S. The SMILES string of the molecule is COc1c(C(=O)O)sc(C(=O)O)c1C. The van der Waals surface area contributed by atoms with E-state index in [9.17, 15) is 9.59 Å². The van der Waals surface area contributed by atoms with Crippen molar-refractivity contribution in [3.05, 3.63) is 15.3 Å². The minimum absolute atomic E-state index is 0.000694. The van der Waals surface area contributed by atoms with E-state index in [1.807, 2.05) is 0 Å². The lowest BCUT2D eigenvalue weighted by Gasteiger charge is -1.98. The molecule has 0 aliphatic rings. The van der Waals surface area contributed by atoms with Gasteiger partial charge in [0.2, 0.25) is 0 Å². The van der Waals surface area contributed by atoms with E-state index in [2.05, 4.69) is 0 Å². The average molecular weight is 216 g/mol. The number of thiophene rings is 1. The van der Waals surface area contributed by atoms with Crippen LogP contribution in [0.3, 0.4) is 0 Å². The molecule has 0 radical (unpaired) electrons. The van der Waals surface area contributed by atoms with Crippen molar-refractivity contribution in [1.82, 2.24) is 0 Å². The molecule has 1 aromatic heterocycles. The van der Waals surface area contributed by atoms with Crippen molar-refractivity contribution in [3.8, 4) is 5.75 Å². The molecule has 14 heavy (non-hydrogen) atoms. The number of rotatable bonds is 3. The van der Waals surface area contributed by atoms with Gasteiger partial charge >= 0.3 is 11.9 Å². The number of ether oxygens (including phenoxy) is 1. The molecular weight excluding hydrogens is 208 g/mol. The Labute approximate surface area is 83.6 Å². The quantitative estimate of drug-likeness (QED) is 0.799. The molecule has 0 aliphatic heterocycles. The molecule has 0 atom stereocenters. The summed E-state index contributed by atoms with van der Waals surface area (Å²) >= 11 is 0.703. The molecule has 0 saturated heterocycles. The molecule has 76 valence electrons. The molecule has 5 nitrogen and oxygen atoms in total. The highest BCUT2D eigenvalue weighted by Crippen LogP contribution is 2.34. The van der Waals surface area contributed by atoms with Crippen LogP contribution in [-0.4, -0.2) is 29.3 Å². The van der Waals surface area contributed by atoms with Crippen LogP contribution in [0.4, 0.5) is 0 Å². The zero-order valence-electron chi connectivity index (χ0n) is 7.53. The highest BCUT2D eigenvalue weighted by atomic mass is 32.1. The number of carboxylic acid groups (broad SMARTS) is 2. The second kappa shape index (κ2) is 3.67. The molecule has 0 unspecified atom stereocenters. The highest BCUT2D eigenvalue weighted by molar-refractivity contribution is 7.16. The third-order valence-electron chi connectivity index (χ3n) is 1.68. The number of carboxylic acids is 2. The van der Waals surface area contributed by atoms with Gasteiger partial charge in [0.15, 0.2) is 4.88 Å². The maximum atomic E-state index is 10.7. The third-order valence-corrected chi connectivity index (χ3v) is 2.93. The van der Waals surface area contributed by atoms with E-state index >= 15 is 0 Å². The van der Waals surface area contributed by atoms with Crippen molar-refractivity contribution in [2.45, 2.75) is 6.92 Å². The number of methoxy groups -OCH3 is 1. The topological polar surface area (TPSA) is 83.8 Å². The van der Waals surface area contributed by atoms with Crippen LogP contribution in [0.25, 0.3) is 0 Å². The van der Waals surface area contributed by atoms with Gasteiger partial charge in [-0.1, -0.05) is 0 Å². The first kappa shape index (κ1) is 10.5. The fourth-order valence-electron chi connectivity index (χ4n) is 1.09. The van der Waals surface area contributed by atoms with Crippen LogP contribution in [0.2, 0.25) is 0 Å². The average Bonchev–Trinajstić information content (AvgIpc) is 2.42. The first-order valence-corrected chi connectivity index (χ1v) is 4.44. The Kier molecular flexibility index (Phi) is 2.76. The largest absolute Gasteiger partial charge is 0.495 e. The standard InChI is InChI=1S/C8H8O5S/c1-3-4(13-2)6(8(11)12)14-5(3)7(9)10/h1-2H3,(H,9,10)(H,11,12). The zero-order valence-corrected chi connectivity index (χ0v) is 8.34. The summed E-state index contributed by atoms with van der Waals surface area (Å²) in [5, 5.41) is 17.5. The maximum Gasteiger partial charge on any atom is 0.349 e. The summed E-state index contributed by atoms with van der Waals surface area (Å²) in [4.78, 5) is 21.3. The fraction of sp³-hybridized carbons (Fsp3) is 0.250. The minimum Gasteiger partial charge on any atom is -0.495 e. The van der Waals surface area contributed by atoms with E-state index < -0.39 is 11.9 Å². The number of carbonyl (C=O) groups is 2. The molecule has 0 fully saturated rings. The van der Waals surface area contributed by atoms with E-state index in [0.717, 1.165) is 0 Å². The summed E-state index contributed by atoms with van der Waals surface area (Å²) in [6.07, 6.45) is 0. The Hall–Kier alpha value is -1.56. The highest BCUT2D eigenvalue weighted by Gasteiger charge is 2.23. The summed E-state index contributed by atoms with van der Waals surface area (Å²) in [7, 11) is 1.31. The van der Waals surface area contributed by atoms with Crippen LogP contribution < -0.4 is 4.74 Å². The van der Waals surface area contributed by atoms with Crippen molar-refractivity contribution in [1.29, 1.82) is 0 Å². The second-order valence-electron chi connectivity index (χ2n) is 2.53. The number of hydrogen-bond donors (Lipinski definition) is 2. The van der Waals surface area contributed by atoms with Gasteiger partial charge in [-0.15, -0.1) is 11.3 Å². The van der Waals surface area contributed by atoms with Crippen LogP contribution in [0.15, 0.2) is 0 Å². The molecule has 0 amide bonds. The van der Waals surface area contributed by atoms with Crippen LogP contribution in [0.5, 0.6) is 5.75 Å². The molecule has 1 rings (SSSR count). The Morgan fingerprint density at radius 2 is 1.71 bits per heavy atom. The van der Waals surface area contributed by atoms with E-state index in [1.165, 1.54) is 14.0 Å². The summed E-state index contributed by atoms with van der Waals surface area (Å²) in [6, 6.07) is 0. The van der Waals surface area contributed by atoms with Gasteiger partial charge in [0.25, 0.3) is 0 Å². The van der Waals surface area contributed by atoms with E-state index in [0.29, 0.717) is 16.9 Å². The first-order chi connectivity index (χ1) is 6.49. The molecule has 0 saturated carbocycles.